The number of aryl methyl sites for hydroxylation is 1. The number of anilines is 1. The number of fused-ring (bicyclic) bond motifs is 1. The lowest BCUT2D eigenvalue weighted by Crippen LogP contribution is -2.22. The highest BCUT2D eigenvalue weighted by Gasteiger charge is 2.09. The number of imidazole rings is 1. The predicted molar refractivity (Wildman–Crippen MR) is 67.2 cm³/mol. The van der Waals surface area contributed by atoms with E-state index < -0.39 is 0 Å². The summed E-state index contributed by atoms with van der Waals surface area (Å²) in [5.74, 6) is 0.469. The summed E-state index contributed by atoms with van der Waals surface area (Å²) in [5.41, 5.74) is 7.54. The van der Waals surface area contributed by atoms with E-state index in [0.29, 0.717) is 29.2 Å². The molecule has 6 heteroatoms. The average molecular weight is 244 g/mol. The molecule has 0 amide bonds. The van der Waals surface area contributed by atoms with Gasteiger partial charge in [-0.2, -0.15) is 0 Å². The fourth-order valence-corrected chi connectivity index (χ4v) is 1.86. The number of benzene rings is 1. The van der Waals surface area contributed by atoms with Gasteiger partial charge in [0, 0.05) is 19.4 Å². The van der Waals surface area contributed by atoms with E-state index in [1.807, 2.05) is 0 Å². The Morgan fingerprint density at radius 3 is 2.89 bits per heavy atom. The normalized spacial score (nSPS) is 11.2. The molecule has 2 heterocycles. The molecule has 0 spiro atoms. The zero-order chi connectivity index (χ0) is 12.7. The van der Waals surface area contributed by atoms with Crippen molar-refractivity contribution in [2.24, 2.45) is 7.05 Å². The van der Waals surface area contributed by atoms with E-state index in [-0.39, 0.29) is 5.69 Å². The van der Waals surface area contributed by atoms with Gasteiger partial charge in [-0.05, 0) is 12.1 Å². The smallest absolute Gasteiger partial charge is 0.328 e. The Hall–Kier alpha value is -2.50. The van der Waals surface area contributed by atoms with Gasteiger partial charge in [-0.25, -0.2) is 9.78 Å². The van der Waals surface area contributed by atoms with Crippen LogP contribution in [0, 0.1) is 0 Å². The second-order valence-corrected chi connectivity index (χ2v) is 4.12. The molecule has 1 aromatic carbocycles. The number of aromatic nitrogens is 3. The van der Waals surface area contributed by atoms with Crippen molar-refractivity contribution in [1.82, 2.24) is 14.1 Å². The molecule has 0 radical (unpaired) electrons. The molecule has 18 heavy (non-hydrogen) atoms. The fourth-order valence-electron chi connectivity index (χ4n) is 1.86. The molecule has 0 aliphatic rings. The van der Waals surface area contributed by atoms with Crippen molar-refractivity contribution in [2.75, 3.05) is 5.73 Å². The van der Waals surface area contributed by atoms with Gasteiger partial charge in [-0.3, -0.25) is 4.57 Å². The highest BCUT2D eigenvalue weighted by Crippen LogP contribution is 2.21. The van der Waals surface area contributed by atoms with Gasteiger partial charge in [0.15, 0.2) is 5.58 Å². The summed E-state index contributed by atoms with van der Waals surface area (Å²) in [7, 11) is 1.70. The zero-order valence-corrected chi connectivity index (χ0v) is 9.83. The summed E-state index contributed by atoms with van der Waals surface area (Å²) in [5, 5.41) is 0. The van der Waals surface area contributed by atoms with Crippen LogP contribution in [0.5, 0.6) is 0 Å². The molecule has 6 nitrogen and oxygen atoms in total. The molecule has 0 aliphatic carbocycles. The summed E-state index contributed by atoms with van der Waals surface area (Å²) in [6.45, 7) is 0.299. The minimum absolute atomic E-state index is 0.106. The zero-order valence-electron chi connectivity index (χ0n) is 9.83. The largest absolute Gasteiger partial charge is 0.439 e. The molecular formula is C12H12N4O2. The van der Waals surface area contributed by atoms with Crippen molar-refractivity contribution in [1.29, 1.82) is 0 Å². The van der Waals surface area contributed by atoms with Crippen LogP contribution in [0.15, 0.2) is 39.8 Å². The number of nitrogens with two attached hydrogens (primary N) is 1. The molecule has 0 atom stereocenters. The molecule has 0 aliphatic heterocycles. The molecular weight excluding hydrogens is 232 g/mol. The number of oxazole rings is 1. The van der Waals surface area contributed by atoms with Crippen molar-refractivity contribution < 1.29 is 4.42 Å². The molecule has 92 valence electrons. The Morgan fingerprint density at radius 1 is 1.39 bits per heavy atom. The maximum Gasteiger partial charge on any atom is 0.328 e. The van der Waals surface area contributed by atoms with Gasteiger partial charge in [-0.15, -0.1) is 0 Å². The first-order chi connectivity index (χ1) is 8.65. The van der Waals surface area contributed by atoms with Gasteiger partial charge < -0.3 is 14.7 Å². The van der Waals surface area contributed by atoms with Crippen LogP contribution in [0.2, 0.25) is 0 Å². The van der Waals surface area contributed by atoms with Gasteiger partial charge in [0.1, 0.15) is 12.1 Å². The summed E-state index contributed by atoms with van der Waals surface area (Å²) in [4.78, 5) is 16.0. The fraction of sp³-hybridized carbons (Fsp3) is 0.167. The molecule has 0 fully saturated rings. The van der Waals surface area contributed by atoms with Crippen LogP contribution in [0.1, 0.15) is 5.89 Å². The van der Waals surface area contributed by atoms with Crippen LogP contribution >= 0.6 is 0 Å². The first kappa shape index (κ1) is 10.6. The quantitative estimate of drug-likeness (QED) is 0.681. The van der Waals surface area contributed by atoms with Crippen molar-refractivity contribution in [3.63, 3.8) is 0 Å². The lowest BCUT2D eigenvalue weighted by atomic mass is 10.3. The Morgan fingerprint density at radius 2 is 2.22 bits per heavy atom. The SMILES string of the molecule is Cn1ccn(Cc2nc3c(N)cccc3o2)c1=O. The maximum atomic E-state index is 11.7. The molecule has 0 saturated heterocycles. The van der Waals surface area contributed by atoms with Crippen LogP contribution in [-0.4, -0.2) is 14.1 Å². The minimum atomic E-state index is -0.106. The lowest BCUT2D eigenvalue weighted by Gasteiger charge is -1.95. The second-order valence-electron chi connectivity index (χ2n) is 4.12. The first-order valence-electron chi connectivity index (χ1n) is 5.51. The second kappa shape index (κ2) is 3.76. The van der Waals surface area contributed by atoms with E-state index in [1.165, 1.54) is 9.13 Å². The number of para-hydroxylation sites is 1. The summed E-state index contributed by atoms with van der Waals surface area (Å²) in [6, 6.07) is 5.38. The van der Waals surface area contributed by atoms with E-state index in [2.05, 4.69) is 4.98 Å². The van der Waals surface area contributed by atoms with Crippen LogP contribution in [-0.2, 0) is 13.6 Å². The monoisotopic (exact) mass is 244 g/mol. The topological polar surface area (TPSA) is 79.0 Å². The summed E-state index contributed by atoms with van der Waals surface area (Å²) in [6.07, 6.45) is 3.39. The van der Waals surface area contributed by atoms with E-state index in [1.54, 1.807) is 37.6 Å². The third-order valence-electron chi connectivity index (χ3n) is 2.82. The Bertz CT molecular complexity index is 766. The van der Waals surface area contributed by atoms with E-state index >= 15 is 0 Å². The third kappa shape index (κ3) is 1.58. The van der Waals surface area contributed by atoms with Crippen LogP contribution in [0.25, 0.3) is 11.1 Å². The van der Waals surface area contributed by atoms with Crippen LogP contribution in [0.3, 0.4) is 0 Å². The first-order valence-corrected chi connectivity index (χ1v) is 5.51. The van der Waals surface area contributed by atoms with Crippen molar-refractivity contribution in [3.05, 3.63) is 47.0 Å². The average Bonchev–Trinajstić information content (AvgIpc) is 2.89. The Kier molecular flexibility index (Phi) is 2.22. The lowest BCUT2D eigenvalue weighted by molar-refractivity contribution is 0.502. The Balaban J connectivity index is 2.03. The van der Waals surface area contributed by atoms with E-state index in [9.17, 15) is 4.79 Å². The predicted octanol–water partition coefficient (Wildman–Crippen LogP) is 0.959. The molecule has 3 aromatic rings. The maximum absolute atomic E-state index is 11.7. The minimum Gasteiger partial charge on any atom is -0.439 e. The molecule has 0 bridgehead atoms. The highest BCUT2D eigenvalue weighted by molar-refractivity contribution is 5.85. The molecule has 3 rings (SSSR count). The van der Waals surface area contributed by atoms with Gasteiger partial charge >= 0.3 is 5.69 Å². The standard InChI is InChI=1S/C12H12N4O2/c1-15-5-6-16(12(15)17)7-10-14-11-8(13)3-2-4-9(11)18-10/h2-6H,7,13H2,1H3. The number of rotatable bonds is 2. The highest BCUT2D eigenvalue weighted by atomic mass is 16.3. The van der Waals surface area contributed by atoms with Crippen LogP contribution in [0.4, 0.5) is 5.69 Å². The van der Waals surface area contributed by atoms with E-state index in [0.717, 1.165) is 0 Å². The number of nitrogens with zero attached hydrogens (tertiary/aromatic N) is 3. The molecule has 2 aromatic heterocycles. The number of hydrogen-bond acceptors (Lipinski definition) is 4. The molecule has 0 saturated carbocycles. The van der Waals surface area contributed by atoms with Gasteiger partial charge in [0.25, 0.3) is 0 Å². The molecule has 2 N–H and O–H groups in total. The van der Waals surface area contributed by atoms with Gasteiger partial charge in [0.2, 0.25) is 5.89 Å². The summed E-state index contributed by atoms with van der Waals surface area (Å²) >= 11 is 0. The number of hydrogen-bond donors (Lipinski definition) is 1. The van der Waals surface area contributed by atoms with Crippen molar-refractivity contribution in [2.45, 2.75) is 6.54 Å². The van der Waals surface area contributed by atoms with Gasteiger partial charge in [0.05, 0.1) is 5.69 Å². The summed E-state index contributed by atoms with van der Waals surface area (Å²) < 4.78 is 8.58. The van der Waals surface area contributed by atoms with E-state index in [4.69, 9.17) is 10.2 Å². The Labute approximate surface area is 102 Å². The van der Waals surface area contributed by atoms with Crippen molar-refractivity contribution in [3.8, 4) is 0 Å². The van der Waals surface area contributed by atoms with Crippen LogP contribution < -0.4 is 11.4 Å². The van der Waals surface area contributed by atoms with Crippen molar-refractivity contribution >= 4 is 16.8 Å². The molecule has 0 unspecified atom stereocenters. The number of nitrogen functional groups attached to an aromatic ring is 1. The third-order valence-corrected chi connectivity index (χ3v) is 2.82. The van der Waals surface area contributed by atoms with Gasteiger partial charge in [-0.1, -0.05) is 6.07 Å².